The monoisotopic (exact) mass is 1510 g/mol. The molecule has 0 aromatic carbocycles. The Balaban J connectivity index is 0.000000589. The van der Waals surface area contributed by atoms with Gasteiger partial charge in [-0.15, -0.1) is 0 Å². The lowest BCUT2D eigenvalue weighted by Gasteiger charge is -2.30. The first-order valence-electron chi connectivity index (χ1n) is 45.9. The van der Waals surface area contributed by atoms with Crippen molar-refractivity contribution < 1.29 is 25.5 Å². The highest BCUT2D eigenvalue weighted by Gasteiger charge is 2.29. The van der Waals surface area contributed by atoms with Gasteiger partial charge < -0.3 is 78.7 Å². The Morgan fingerprint density at radius 2 is 0.377 bits per heavy atom. The first-order chi connectivity index (χ1) is 49.9. The van der Waals surface area contributed by atoms with Gasteiger partial charge in [0.2, 0.25) is 0 Å². The van der Waals surface area contributed by atoms with Crippen molar-refractivity contribution in [3.8, 4) is 0 Å². The van der Waals surface area contributed by atoms with Crippen molar-refractivity contribution >= 4 is 0 Å². The summed E-state index contributed by atoms with van der Waals surface area (Å²) in [4.78, 5) is 0. The van der Waals surface area contributed by atoms with E-state index in [0.29, 0.717) is 90.6 Å². The number of aliphatic hydroxyl groups excluding tert-OH is 5. The molecular weight excluding hydrogens is 1310 g/mol. The Bertz CT molecular complexity index is 1790. The van der Waals surface area contributed by atoms with Crippen molar-refractivity contribution in [3.05, 3.63) is 0 Å². The Hall–Kier alpha value is -0.600. The van der Waals surface area contributed by atoms with E-state index >= 15 is 0 Å². The number of nitrogens with one attached hydrogen (secondary N) is 10. The van der Waals surface area contributed by atoms with Crippen LogP contribution in [0.15, 0.2) is 0 Å². The number of hydrogen-bond acceptors (Lipinski definition) is 15. The van der Waals surface area contributed by atoms with E-state index in [0.717, 1.165) is 124 Å². The smallest absolute Gasteiger partial charge is 0.0693 e. The number of aliphatic hydroxyl groups is 5. The SMILES string of the molecule is CC(C)N[C@@H]1CCC[C@@H](C)C1.CC(C)N[C@@H]1CCC[C@@H]1O.CC(C)N[C@@H]1CCC[C@H](O)C1.CC(C)N[C@H]1CCCC[C@@H]1O.CC(C)N[C@H]1CCC[C@@H](C)C1.CC(C)N[C@H]1CCC[C@@H]1O.CC(C)N[C@H]1CCC[C@H](C)C1.CC(C)N[C@H]1CCC[C@H]1O.CC1CCC(NC(C)C)C1.CC1CCC(NC(C)C)CC1. The normalized spacial score (nSPS) is 33.1. The molecule has 10 rings (SSSR count). The third-order valence-electron chi connectivity index (χ3n) is 22.9. The summed E-state index contributed by atoms with van der Waals surface area (Å²) in [5.74, 6) is 4.76. The molecule has 0 radical (unpaired) electrons. The van der Waals surface area contributed by atoms with Crippen molar-refractivity contribution in [3.63, 3.8) is 0 Å². The van der Waals surface area contributed by atoms with Gasteiger partial charge >= 0.3 is 0 Å². The summed E-state index contributed by atoms with van der Waals surface area (Å²) in [6, 6.07) is 11.9. The topological polar surface area (TPSA) is 221 Å². The first-order valence-corrected chi connectivity index (χ1v) is 45.9. The van der Waals surface area contributed by atoms with Gasteiger partial charge in [0, 0.05) is 121 Å². The van der Waals surface area contributed by atoms with Crippen LogP contribution in [0.3, 0.4) is 0 Å². The van der Waals surface area contributed by atoms with Gasteiger partial charge in [0.15, 0.2) is 0 Å². The minimum atomic E-state index is -0.105. The third-order valence-corrected chi connectivity index (χ3v) is 22.9. The van der Waals surface area contributed by atoms with Crippen LogP contribution in [0.4, 0.5) is 0 Å². The summed E-state index contributed by atoms with van der Waals surface area (Å²) in [6.07, 6.45) is 45.1. The maximum atomic E-state index is 9.56. The number of rotatable bonds is 20. The first kappa shape index (κ1) is 103. The maximum absolute atomic E-state index is 9.56. The zero-order valence-corrected chi connectivity index (χ0v) is 75.0. The summed E-state index contributed by atoms with van der Waals surface area (Å²) >= 11 is 0. The maximum Gasteiger partial charge on any atom is 0.0693 e. The molecule has 2 unspecified atom stereocenters. The summed E-state index contributed by atoms with van der Waals surface area (Å²) in [6.45, 7) is 55.4. The van der Waals surface area contributed by atoms with E-state index in [4.69, 9.17) is 0 Å². The average molecular weight is 1510 g/mol. The van der Waals surface area contributed by atoms with E-state index in [2.05, 4.69) is 226 Å². The lowest BCUT2D eigenvalue weighted by molar-refractivity contribution is 0.0870. The third kappa shape index (κ3) is 55.8. The minimum absolute atomic E-state index is 0.0556. The largest absolute Gasteiger partial charge is 0.393 e. The fraction of sp³-hybridized carbons (Fsp3) is 1.00. The van der Waals surface area contributed by atoms with Gasteiger partial charge in [-0.25, -0.2) is 0 Å². The quantitative estimate of drug-likeness (QED) is 0.0545. The Labute approximate surface area is 660 Å². The van der Waals surface area contributed by atoms with Crippen LogP contribution < -0.4 is 53.2 Å². The second kappa shape index (κ2) is 60.9. The molecular formula is C91H192N10O5. The van der Waals surface area contributed by atoms with E-state index < -0.39 is 0 Å². The second-order valence-corrected chi connectivity index (χ2v) is 39.0. The van der Waals surface area contributed by atoms with E-state index in [1.54, 1.807) is 0 Å². The standard InChI is InChI=1S/4C10H21N.2C9H19NO.C9H19N.3C8H17NO/c1-8(2)11-10-6-4-9(3)5-7-10;3*1-8(2)11-10-6-4-5-9(3)7-10;1-7(2)10-8-4-3-5-9(11)6-8;1-7(2)10-8-5-3-4-6-9(8)11;1-7(2)10-9-5-4-8(3)6-9;3*1-6(2)9-7-4-3-5-8(7)10/h4*8-11H,4-7H2,1-3H3;2*7-11H,3-6H2,1-2H3;7-10H,4-6H2,1-3H3;3*6-10H,3-5H2,1-2H3/t;9-,10+;2*9-,10-;8-,9+;8-,9-;;2*7-,8+;7-,8-/m.11010.100/s1. The minimum Gasteiger partial charge on any atom is -0.393 e. The predicted molar refractivity (Wildman–Crippen MR) is 463 cm³/mol. The van der Waals surface area contributed by atoms with Crippen LogP contribution in [0.5, 0.6) is 0 Å². The van der Waals surface area contributed by atoms with Crippen molar-refractivity contribution in [2.24, 2.45) is 29.6 Å². The molecule has 0 amide bonds. The molecule has 10 saturated carbocycles. The summed E-state index contributed by atoms with van der Waals surface area (Å²) < 4.78 is 0. The lowest BCUT2D eigenvalue weighted by Crippen LogP contribution is -2.45. The molecule has 0 heterocycles. The average Bonchev–Trinajstić information content (AvgIpc) is 1.89. The van der Waals surface area contributed by atoms with Gasteiger partial charge in [-0.3, -0.25) is 0 Å². The van der Waals surface area contributed by atoms with Crippen molar-refractivity contribution in [1.29, 1.82) is 0 Å². The molecule has 15 heteroatoms. The molecule has 0 aliphatic heterocycles. The van der Waals surface area contributed by atoms with Crippen LogP contribution in [0.2, 0.25) is 0 Å². The molecule has 15 N–H and O–H groups in total. The van der Waals surface area contributed by atoms with Gasteiger partial charge in [-0.05, 0) is 209 Å². The van der Waals surface area contributed by atoms with E-state index in [9.17, 15) is 25.5 Å². The fourth-order valence-electron chi connectivity index (χ4n) is 18.1. The molecule has 15 nitrogen and oxygen atoms in total. The zero-order chi connectivity index (χ0) is 79.8. The van der Waals surface area contributed by atoms with E-state index in [-0.39, 0.29) is 30.5 Å². The molecule has 0 aromatic heterocycles. The highest BCUT2D eigenvalue weighted by Crippen LogP contribution is 2.29. The molecule has 0 bridgehead atoms. The highest BCUT2D eigenvalue weighted by molar-refractivity contribution is 4.88. The van der Waals surface area contributed by atoms with Gasteiger partial charge in [-0.1, -0.05) is 224 Å². The summed E-state index contributed by atoms with van der Waals surface area (Å²) in [5.41, 5.74) is 0. The zero-order valence-electron chi connectivity index (χ0n) is 75.0. The van der Waals surface area contributed by atoms with E-state index in [1.807, 2.05) is 0 Å². The Morgan fingerprint density at radius 1 is 0.179 bits per heavy atom. The van der Waals surface area contributed by atoms with E-state index in [1.165, 1.54) is 167 Å². The summed E-state index contributed by atoms with van der Waals surface area (Å²) in [5, 5.41) is 81.9. The molecule has 10 fully saturated rings. The highest BCUT2D eigenvalue weighted by atomic mass is 16.3. The molecule has 10 aliphatic rings. The van der Waals surface area contributed by atoms with Crippen LogP contribution in [0.25, 0.3) is 0 Å². The van der Waals surface area contributed by atoms with Gasteiger partial charge in [-0.2, -0.15) is 0 Å². The van der Waals surface area contributed by atoms with Crippen LogP contribution in [-0.4, -0.2) is 177 Å². The molecule has 0 spiro atoms. The van der Waals surface area contributed by atoms with Crippen molar-refractivity contribution in [1.82, 2.24) is 53.2 Å². The van der Waals surface area contributed by atoms with Gasteiger partial charge in [0.1, 0.15) is 0 Å². The van der Waals surface area contributed by atoms with Crippen molar-refractivity contribution in [2.45, 2.75) is 556 Å². The Morgan fingerprint density at radius 3 is 0.613 bits per heavy atom. The molecule has 10 aliphatic carbocycles. The van der Waals surface area contributed by atoms with Gasteiger partial charge in [0.05, 0.1) is 30.5 Å². The number of hydrogen-bond donors (Lipinski definition) is 15. The lowest BCUT2D eigenvalue weighted by atomic mass is 9.87. The predicted octanol–water partition coefficient (Wildman–Crippen LogP) is 17.7. The molecule has 106 heavy (non-hydrogen) atoms. The molecule has 0 saturated heterocycles. The van der Waals surface area contributed by atoms with Gasteiger partial charge in [0.25, 0.3) is 0 Å². The summed E-state index contributed by atoms with van der Waals surface area (Å²) in [7, 11) is 0. The Kier molecular flexibility index (Phi) is 59.4. The molecule has 636 valence electrons. The van der Waals surface area contributed by atoms with Crippen LogP contribution in [0.1, 0.15) is 404 Å². The second-order valence-electron chi connectivity index (χ2n) is 39.0. The van der Waals surface area contributed by atoms with Crippen molar-refractivity contribution in [2.75, 3.05) is 0 Å². The molecule has 0 aromatic rings. The molecule has 18 atom stereocenters. The van der Waals surface area contributed by atoms with Crippen LogP contribution in [-0.2, 0) is 0 Å². The van der Waals surface area contributed by atoms with Crippen LogP contribution in [0, 0.1) is 29.6 Å². The van der Waals surface area contributed by atoms with Crippen LogP contribution >= 0.6 is 0 Å². The fourth-order valence-corrected chi connectivity index (χ4v) is 18.1.